The minimum absolute atomic E-state index is 0.0520. The van der Waals surface area contributed by atoms with Crippen LogP contribution < -0.4 is 19.5 Å². The number of carboxylic acid groups (broad SMARTS) is 1. The fraction of sp³-hybridized carbons (Fsp3) is 0.333. The zero-order chi connectivity index (χ0) is 41.4. The number of nitrogens with zero attached hydrogens (tertiary/aromatic N) is 2. The van der Waals surface area contributed by atoms with Gasteiger partial charge in [0.25, 0.3) is 0 Å². The standard InChI is InChI=1S/C37H36Cl2FN3O7.C2HF3O2/c1-47-31-11-8-24(17-33(31)48-2)32(18-28-29(38)19-43(46)20-30(28)39)49-36(44)23-6-9-27(10-7-23)41-35(25-4-3-5-26(40)16-25)37(45)50-34-21-42-14-12-22(34)13-15-42;3-2(4,5)1(6)7/h3-11,16-17,19-20,22,32,34-35,41H,12-15,18,21H2,1-2H3;(H,6,7)/t32?,34-,35?;/m0./s1. The van der Waals surface area contributed by atoms with Crippen molar-refractivity contribution in [1.29, 1.82) is 0 Å². The Kier molecular flexibility index (Phi) is 14.1. The number of piperidine rings is 3. The Morgan fingerprint density at radius 2 is 1.58 bits per heavy atom. The van der Waals surface area contributed by atoms with Crippen LogP contribution in [-0.4, -0.2) is 74.0 Å². The van der Waals surface area contributed by atoms with Gasteiger partial charge in [0.15, 0.2) is 29.9 Å². The first-order valence-corrected chi connectivity index (χ1v) is 18.2. The third kappa shape index (κ3) is 11.2. The Morgan fingerprint density at radius 3 is 2.12 bits per heavy atom. The Labute approximate surface area is 334 Å². The zero-order valence-electron chi connectivity index (χ0n) is 30.4. The van der Waals surface area contributed by atoms with Crippen LogP contribution in [0.1, 0.15) is 52.0 Å². The summed E-state index contributed by atoms with van der Waals surface area (Å²) in [5.74, 6) is -3.17. The van der Waals surface area contributed by atoms with E-state index >= 15 is 0 Å². The third-order valence-electron chi connectivity index (χ3n) is 9.43. The molecule has 4 aromatic rings. The normalized spacial score (nSPS) is 18.3. The van der Waals surface area contributed by atoms with Crippen LogP contribution in [0.25, 0.3) is 0 Å². The largest absolute Gasteiger partial charge is 0.619 e. The first-order chi connectivity index (χ1) is 27.1. The Hall–Kier alpha value is -5.32. The number of methoxy groups -OCH3 is 2. The van der Waals surface area contributed by atoms with Gasteiger partial charge in [0.05, 0.1) is 19.8 Å². The molecule has 0 radical (unpaired) electrons. The van der Waals surface area contributed by atoms with Crippen LogP contribution in [0.5, 0.6) is 11.5 Å². The number of anilines is 1. The van der Waals surface area contributed by atoms with Crippen molar-refractivity contribution in [3.05, 3.63) is 122 Å². The van der Waals surface area contributed by atoms with E-state index in [0.29, 0.717) is 51.1 Å². The van der Waals surface area contributed by atoms with Crippen molar-refractivity contribution in [3.63, 3.8) is 0 Å². The average Bonchev–Trinajstić information content (AvgIpc) is 3.18. The highest BCUT2D eigenvalue weighted by Gasteiger charge is 2.39. The van der Waals surface area contributed by atoms with Gasteiger partial charge < -0.3 is 34.6 Å². The second-order valence-corrected chi connectivity index (χ2v) is 13.9. The summed E-state index contributed by atoms with van der Waals surface area (Å²) < 4.78 is 69.4. The van der Waals surface area contributed by atoms with Crippen LogP contribution in [0.15, 0.2) is 79.1 Å². The lowest BCUT2D eigenvalue weighted by atomic mass is 9.86. The molecule has 2 unspecified atom stereocenters. The van der Waals surface area contributed by atoms with Gasteiger partial charge in [0, 0.05) is 24.2 Å². The molecule has 12 nitrogen and oxygen atoms in total. The van der Waals surface area contributed by atoms with Gasteiger partial charge in [0.2, 0.25) is 0 Å². The topological polar surface area (TPSA) is 151 Å². The number of carbonyl (C=O) groups is 3. The number of hydrogen-bond donors (Lipinski definition) is 2. The number of alkyl halides is 3. The quantitative estimate of drug-likeness (QED) is 0.0639. The van der Waals surface area contributed by atoms with E-state index < -0.39 is 42.0 Å². The maximum Gasteiger partial charge on any atom is 0.490 e. The van der Waals surface area contributed by atoms with Crippen LogP contribution in [0, 0.1) is 16.9 Å². The summed E-state index contributed by atoms with van der Waals surface area (Å²) >= 11 is 12.8. The van der Waals surface area contributed by atoms with E-state index in [9.17, 15) is 32.4 Å². The fourth-order valence-corrected chi connectivity index (χ4v) is 7.08. The molecule has 3 aromatic carbocycles. The highest BCUT2D eigenvalue weighted by molar-refractivity contribution is 6.35. The molecule has 2 N–H and O–H groups in total. The van der Waals surface area contributed by atoms with E-state index in [1.807, 2.05) is 0 Å². The molecular formula is C39H37Cl2F4N3O9. The summed E-state index contributed by atoms with van der Waals surface area (Å²) in [6.45, 7) is 2.70. The number of pyridine rings is 1. The fourth-order valence-electron chi connectivity index (χ4n) is 6.48. The molecule has 0 aliphatic carbocycles. The predicted molar refractivity (Wildman–Crippen MR) is 199 cm³/mol. The average molecular weight is 839 g/mol. The van der Waals surface area contributed by atoms with Crippen molar-refractivity contribution in [3.8, 4) is 11.5 Å². The summed E-state index contributed by atoms with van der Waals surface area (Å²) in [7, 11) is 3.00. The summed E-state index contributed by atoms with van der Waals surface area (Å²) in [5, 5.41) is 22.4. The predicted octanol–water partition coefficient (Wildman–Crippen LogP) is 7.35. The number of carboxylic acids is 1. The van der Waals surface area contributed by atoms with Crippen molar-refractivity contribution >= 4 is 46.8 Å². The number of aliphatic carboxylic acids is 1. The van der Waals surface area contributed by atoms with E-state index in [4.69, 9.17) is 52.1 Å². The lowest BCUT2D eigenvalue weighted by Crippen LogP contribution is -2.52. The number of nitrogens with one attached hydrogen (secondary N) is 1. The first-order valence-electron chi connectivity index (χ1n) is 17.4. The van der Waals surface area contributed by atoms with Crippen molar-refractivity contribution in [2.75, 3.05) is 39.2 Å². The number of aromatic nitrogens is 1. The summed E-state index contributed by atoms with van der Waals surface area (Å²) in [6, 6.07) is 16.3. The van der Waals surface area contributed by atoms with Crippen molar-refractivity contribution in [2.24, 2.45) is 5.92 Å². The number of hydrogen-bond acceptors (Lipinski definition) is 10. The smallest absolute Gasteiger partial charge is 0.490 e. The summed E-state index contributed by atoms with van der Waals surface area (Å²) in [5.41, 5.74) is 2.13. The van der Waals surface area contributed by atoms with Crippen molar-refractivity contribution in [1.82, 2.24) is 4.90 Å². The van der Waals surface area contributed by atoms with Crippen molar-refractivity contribution in [2.45, 2.75) is 43.7 Å². The van der Waals surface area contributed by atoms with E-state index in [1.54, 1.807) is 54.6 Å². The number of benzene rings is 3. The first kappa shape index (κ1) is 42.8. The minimum atomic E-state index is -5.08. The molecule has 57 heavy (non-hydrogen) atoms. The molecule has 304 valence electrons. The van der Waals surface area contributed by atoms with Crippen LogP contribution in [0.3, 0.4) is 0 Å². The third-order valence-corrected chi connectivity index (χ3v) is 10.1. The van der Waals surface area contributed by atoms with Gasteiger partial charge in [0.1, 0.15) is 28.1 Å². The van der Waals surface area contributed by atoms with Crippen LogP contribution in [-0.2, 0) is 25.5 Å². The molecule has 3 aliphatic rings. The van der Waals surface area contributed by atoms with Gasteiger partial charge in [-0.15, -0.1) is 0 Å². The number of rotatable bonds is 12. The molecule has 3 aliphatic heterocycles. The molecule has 0 saturated carbocycles. The van der Waals surface area contributed by atoms with E-state index in [1.165, 1.54) is 38.7 Å². The maximum atomic E-state index is 14.3. The molecule has 2 bridgehead atoms. The zero-order valence-corrected chi connectivity index (χ0v) is 31.9. The number of esters is 2. The molecule has 1 aromatic heterocycles. The van der Waals surface area contributed by atoms with E-state index in [0.717, 1.165) is 25.9 Å². The number of halogens is 6. The molecule has 7 rings (SSSR count). The van der Waals surface area contributed by atoms with E-state index in [2.05, 4.69) is 10.2 Å². The minimum Gasteiger partial charge on any atom is -0.619 e. The molecule has 3 atom stereocenters. The SMILES string of the molecule is COc1ccc(C(Cc2c(Cl)c[n+]([O-])cc2Cl)OC(=O)c2ccc(NC(C(=O)O[C@H]3CN4CCC3CC4)c3cccc(F)c3)cc2)cc1OC.O=C(O)C(F)(F)F. The van der Waals surface area contributed by atoms with Gasteiger partial charge in [-0.25, -0.2) is 18.8 Å². The molecule has 3 fully saturated rings. The van der Waals surface area contributed by atoms with Gasteiger partial charge in [-0.3, -0.25) is 4.90 Å². The van der Waals surface area contributed by atoms with Crippen LogP contribution in [0.4, 0.5) is 23.2 Å². The lowest BCUT2D eigenvalue weighted by Gasteiger charge is -2.44. The second-order valence-electron chi connectivity index (χ2n) is 13.1. The lowest BCUT2D eigenvalue weighted by molar-refractivity contribution is -0.605. The van der Waals surface area contributed by atoms with Crippen LogP contribution >= 0.6 is 23.2 Å². The van der Waals surface area contributed by atoms with Crippen molar-refractivity contribution < 1.29 is 60.7 Å². The Balaban J connectivity index is 0.000000811. The summed E-state index contributed by atoms with van der Waals surface area (Å²) in [6.07, 6.45) is -1.84. The molecular weight excluding hydrogens is 801 g/mol. The summed E-state index contributed by atoms with van der Waals surface area (Å²) in [4.78, 5) is 38.3. The molecule has 4 heterocycles. The Morgan fingerprint density at radius 1 is 0.947 bits per heavy atom. The number of fused-ring (bicyclic) bond motifs is 3. The van der Waals surface area contributed by atoms with Gasteiger partial charge >= 0.3 is 24.1 Å². The van der Waals surface area contributed by atoms with Gasteiger partial charge in [-0.1, -0.05) is 41.4 Å². The second kappa shape index (κ2) is 18.7. The highest BCUT2D eigenvalue weighted by atomic mass is 35.5. The number of ether oxygens (including phenoxy) is 4. The van der Waals surface area contributed by atoms with E-state index in [-0.39, 0.29) is 28.1 Å². The van der Waals surface area contributed by atoms with Gasteiger partial charge in [-0.2, -0.15) is 17.9 Å². The maximum absolute atomic E-state index is 14.3. The van der Waals surface area contributed by atoms with Crippen LogP contribution in [0.2, 0.25) is 10.0 Å². The Bertz CT molecular complexity index is 2040. The highest BCUT2D eigenvalue weighted by Crippen LogP contribution is 2.36. The monoisotopic (exact) mass is 837 g/mol. The molecule has 0 amide bonds. The molecule has 0 spiro atoms. The van der Waals surface area contributed by atoms with Gasteiger partial charge in [-0.05, 0) is 91.5 Å². The molecule has 18 heteroatoms. The molecule has 3 saturated heterocycles. The number of carbonyl (C=O) groups excluding carboxylic acids is 2.